The molecule has 2 rings (SSSR count). The van der Waals surface area contributed by atoms with E-state index in [0.29, 0.717) is 0 Å². The summed E-state index contributed by atoms with van der Waals surface area (Å²) in [6.07, 6.45) is 3.01. The zero-order valence-corrected chi connectivity index (χ0v) is 9.18. The predicted molar refractivity (Wildman–Crippen MR) is 57.3 cm³/mol. The lowest BCUT2D eigenvalue weighted by atomic mass is 10.2. The Balaban J connectivity index is 1.82. The SMILES string of the molecule is Cc1csc(CN[C@H]2CCC[C@@H]2O)n1. The summed E-state index contributed by atoms with van der Waals surface area (Å²) in [7, 11) is 0. The van der Waals surface area contributed by atoms with E-state index in [1.165, 1.54) is 0 Å². The van der Waals surface area contributed by atoms with Gasteiger partial charge in [-0.2, -0.15) is 0 Å². The number of hydrogen-bond acceptors (Lipinski definition) is 4. The van der Waals surface area contributed by atoms with Crippen molar-refractivity contribution in [2.45, 2.75) is 44.9 Å². The first-order chi connectivity index (χ1) is 6.75. The standard InChI is InChI=1S/C10H16N2OS/c1-7-6-14-10(12-7)5-11-8-3-2-4-9(8)13/h6,8-9,11,13H,2-5H2,1H3/t8-,9-/m0/s1. The normalized spacial score (nSPS) is 27.0. The minimum atomic E-state index is -0.156. The second kappa shape index (κ2) is 4.38. The summed E-state index contributed by atoms with van der Waals surface area (Å²) in [4.78, 5) is 4.37. The van der Waals surface area contributed by atoms with E-state index >= 15 is 0 Å². The molecule has 14 heavy (non-hydrogen) atoms. The first-order valence-electron chi connectivity index (χ1n) is 5.08. The summed E-state index contributed by atoms with van der Waals surface area (Å²) in [5.41, 5.74) is 1.08. The third-order valence-corrected chi connectivity index (χ3v) is 3.63. The van der Waals surface area contributed by atoms with Crippen LogP contribution in [0.25, 0.3) is 0 Å². The molecular formula is C10H16N2OS. The second-order valence-corrected chi connectivity index (χ2v) is 4.81. The quantitative estimate of drug-likeness (QED) is 0.797. The fourth-order valence-corrected chi connectivity index (χ4v) is 2.60. The van der Waals surface area contributed by atoms with Crippen LogP contribution in [0.2, 0.25) is 0 Å². The maximum Gasteiger partial charge on any atom is 0.107 e. The molecule has 2 atom stereocenters. The number of thiazole rings is 1. The Morgan fingerprint density at radius 2 is 2.50 bits per heavy atom. The molecule has 1 aliphatic rings. The zero-order valence-electron chi connectivity index (χ0n) is 8.36. The van der Waals surface area contributed by atoms with Crippen molar-refractivity contribution in [3.8, 4) is 0 Å². The van der Waals surface area contributed by atoms with Crippen molar-refractivity contribution in [1.82, 2.24) is 10.3 Å². The van der Waals surface area contributed by atoms with Crippen molar-refractivity contribution in [1.29, 1.82) is 0 Å². The first kappa shape index (κ1) is 10.1. The van der Waals surface area contributed by atoms with Gasteiger partial charge >= 0.3 is 0 Å². The van der Waals surface area contributed by atoms with Gasteiger partial charge in [0.05, 0.1) is 6.10 Å². The number of aryl methyl sites for hydroxylation is 1. The number of hydrogen-bond donors (Lipinski definition) is 2. The van der Waals surface area contributed by atoms with Crippen molar-refractivity contribution in [3.05, 3.63) is 16.1 Å². The zero-order chi connectivity index (χ0) is 9.97. The summed E-state index contributed by atoms with van der Waals surface area (Å²) in [5, 5.41) is 16.1. The highest BCUT2D eigenvalue weighted by molar-refractivity contribution is 7.09. The lowest BCUT2D eigenvalue weighted by Gasteiger charge is -2.14. The molecule has 1 saturated carbocycles. The molecule has 1 aliphatic carbocycles. The molecule has 3 nitrogen and oxygen atoms in total. The van der Waals surface area contributed by atoms with E-state index in [0.717, 1.165) is 36.5 Å². The third kappa shape index (κ3) is 2.32. The van der Waals surface area contributed by atoms with Crippen LogP contribution in [0.15, 0.2) is 5.38 Å². The third-order valence-electron chi connectivity index (χ3n) is 2.66. The fourth-order valence-electron chi connectivity index (χ4n) is 1.88. The van der Waals surface area contributed by atoms with Crippen molar-refractivity contribution >= 4 is 11.3 Å². The molecule has 1 aromatic rings. The van der Waals surface area contributed by atoms with Gasteiger partial charge in [0.1, 0.15) is 5.01 Å². The van der Waals surface area contributed by atoms with Crippen LogP contribution in [-0.4, -0.2) is 22.2 Å². The first-order valence-corrected chi connectivity index (χ1v) is 5.96. The second-order valence-electron chi connectivity index (χ2n) is 3.87. The topological polar surface area (TPSA) is 45.1 Å². The molecule has 0 aliphatic heterocycles. The Kier molecular flexibility index (Phi) is 3.15. The van der Waals surface area contributed by atoms with Crippen LogP contribution in [0.5, 0.6) is 0 Å². The lowest BCUT2D eigenvalue weighted by Crippen LogP contribution is -2.34. The van der Waals surface area contributed by atoms with Gasteiger partial charge in [-0.15, -0.1) is 11.3 Å². The van der Waals surface area contributed by atoms with E-state index in [9.17, 15) is 5.11 Å². The molecule has 1 aromatic heterocycles. The van der Waals surface area contributed by atoms with Gasteiger partial charge in [0.15, 0.2) is 0 Å². The van der Waals surface area contributed by atoms with Gasteiger partial charge in [-0.25, -0.2) is 4.98 Å². The van der Waals surface area contributed by atoms with Gasteiger partial charge in [-0.1, -0.05) is 0 Å². The van der Waals surface area contributed by atoms with Crippen LogP contribution < -0.4 is 5.32 Å². The van der Waals surface area contributed by atoms with Crippen LogP contribution in [-0.2, 0) is 6.54 Å². The van der Waals surface area contributed by atoms with Crippen LogP contribution in [0.4, 0.5) is 0 Å². The fraction of sp³-hybridized carbons (Fsp3) is 0.700. The molecule has 0 spiro atoms. The van der Waals surface area contributed by atoms with E-state index in [1.807, 2.05) is 6.92 Å². The Morgan fingerprint density at radius 3 is 3.07 bits per heavy atom. The minimum absolute atomic E-state index is 0.156. The molecule has 1 fully saturated rings. The molecule has 78 valence electrons. The highest BCUT2D eigenvalue weighted by atomic mass is 32.1. The largest absolute Gasteiger partial charge is 0.392 e. The monoisotopic (exact) mass is 212 g/mol. The lowest BCUT2D eigenvalue weighted by molar-refractivity contribution is 0.148. The summed E-state index contributed by atoms with van der Waals surface area (Å²) in [6.45, 7) is 2.80. The number of nitrogens with one attached hydrogen (secondary N) is 1. The Hall–Kier alpha value is -0.450. The highest BCUT2D eigenvalue weighted by Crippen LogP contribution is 2.19. The van der Waals surface area contributed by atoms with E-state index in [2.05, 4.69) is 15.7 Å². The average Bonchev–Trinajstić information content (AvgIpc) is 2.72. The Labute approximate surface area is 88.2 Å². The Morgan fingerprint density at radius 1 is 1.64 bits per heavy atom. The molecule has 4 heteroatoms. The van der Waals surface area contributed by atoms with Gasteiger partial charge in [0.25, 0.3) is 0 Å². The minimum Gasteiger partial charge on any atom is -0.392 e. The van der Waals surface area contributed by atoms with E-state index in [4.69, 9.17) is 0 Å². The van der Waals surface area contributed by atoms with Crippen molar-refractivity contribution < 1.29 is 5.11 Å². The summed E-state index contributed by atoms with van der Waals surface area (Å²) >= 11 is 1.68. The molecule has 0 saturated heterocycles. The van der Waals surface area contributed by atoms with Crippen LogP contribution >= 0.6 is 11.3 Å². The highest BCUT2D eigenvalue weighted by Gasteiger charge is 2.24. The van der Waals surface area contributed by atoms with Crippen LogP contribution in [0.3, 0.4) is 0 Å². The van der Waals surface area contributed by atoms with E-state index in [1.54, 1.807) is 11.3 Å². The number of aromatic nitrogens is 1. The van der Waals surface area contributed by atoms with Gasteiger partial charge in [0, 0.05) is 23.7 Å². The average molecular weight is 212 g/mol. The molecule has 2 N–H and O–H groups in total. The number of aliphatic hydroxyl groups is 1. The smallest absolute Gasteiger partial charge is 0.107 e. The van der Waals surface area contributed by atoms with Crippen molar-refractivity contribution in [2.75, 3.05) is 0 Å². The maximum absolute atomic E-state index is 9.59. The van der Waals surface area contributed by atoms with Gasteiger partial charge in [0.2, 0.25) is 0 Å². The van der Waals surface area contributed by atoms with E-state index in [-0.39, 0.29) is 12.1 Å². The number of nitrogens with zero attached hydrogens (tertiary/aromatic N) is 1. The van der Waals surface area contributed by atoms with Crippen LogP contribution in [0.1, 0.15) is 30.0 Å². The van der Waals surface area contributed by atoms with Gasteiger partial charge < -0.3 is 10.4 Å². The molecule has 0 unspecified atom stereocenters. The molecule has 0 radical (unpaired) electrons. The van der Waals surface area contributed by atoms with Crippen molar-refractivity contribution in [2.24, 2.45) is 0 Å². The summed E-state index contributed by atoms with van der Waals surface area (Å²) < 4.78 is 0. The predicted octanol–water partition coefficient (Wildman–Crippen LogP) is 1.45. The van der Waals surface area contributed by atoms with Gasteiger partial charge in [-0.05, 0) is 26.2 Å². The van der Waals surface area contributed by atoms with Crippen molar-refractivity contribution in [3.63, 3.8) is 0 Å². The van der Waals surface area contributed by atoms with Crippen LogP contribution in [0, 0.1) is 6.92 Å². The van der Waals surface area contributed by atoms with E-state index < -0.39 is 0 Å². The molecular weight excluding hydrogens is 196 g/mol. The summed E-state index contributed by atoms with van der Waals surface area (Å²) in [6, 6.07) is 0.277. The molecule has 0 aromatic carbocycles. The summed E-state index contributed by atoms with van der Waals surface area (Å²) in [5.74, 6) is 0. The molecule has 1 heterocycles. The van der Waals surface area contributed by atoms with Gasteiger partial charge in [-0.3, -0.25) is 0 Å². The molecule has 0 amide bonds. The number of aliphatic hydroxyl groups excluding tert-OH is 1. The Bertz CT molecular complexity index is 300. The molecule has 0 bridgehead atoms. The number of rotatable bonds is 3. The maximum atomic E-state index is 9.59.